The second kappa shape index (κ2) is 9.70. The van der Waals surface area contributed by atoms with Gasteiger partial charge in [-0.15, -0.1) is 0 Å². The van der Waals surface area contributed by atoms with Gasteiger partial charge in [0.1, 0.15) is 11.6 Å². The van der Waals surface area contributed by atoms with Gasteiger partial charge in [-0.25, -0.2) is 4.39 Å². The number of amidine groups is 1. The van der Waals surface area contributed by atoms with Crippen LogP contribution in [0.15, 0.2) is 77.7 Å². The minimum atomic E-state index is -0.419. The Morgan fingerprint density at radius 1 is 1.09 bits per heavy atom. The van der Waals surface area contributed by atoms with E-state index in [0.717, 1.165) is 17.3 Å². The molecule has 3 aromatic carbocycles. The number of benzene rings is 3. The summed E-state index contributed by atoms with van der Waals surface area (Å²) < 4.78 is 18.9. The van der Waals surface area contributed by atoms with E-state index in [4.69, 9.17) is 10.1 Å². The number of ether oxygens (including phenoxy) is 1. The molecule has 2 amide bonds. The fourth-order valence-corrected chi connectivity index (χ4v) is 4.01. The summed E-state index contributed by atoms with van der Waals surface area (Å²) in [5.74, 6) is -0.678. The molecule has 4 rings (SSSR count). The summed E-state index contributed by atoms with van der Waals surface area (Å²) in [6.07, 6.45) is 1.62. The van der Waals surface area contributed by atoms with Crippen molar-refractivity contribution in [3.63, 3.8) is 0 Å². The zero-order valence-corrected chi connectivity index (χ0v) is 18.5. The highest BCUT2D eigenvalue weighted by atomic mass is 32.2. The molecule has 0 aliphatic carbocycles. The van der Waals surface area contributed by atoms with Crippen molar-refractivity contribution in [2.75, 3.05) is 16.8 Å². The Morgan fingerprint density at radius 3 is 2.52 bits per heavy atom. The number of carbonyl (C=O) groups is 2. The van der Waals surface area contributed by atoms with E-state index in [9.17, 15) is 14.0 Å². The molecule has 1 fully saturated rings. The number of halogens is 1. The van der Waals surface area contributed by atoms with Crippen molar-refractivity contribution in [2.45, 2.75) is 6.92 Å². The SMILES string of the molecule is Cc1ccc(NC(=O)COc2ccccc2/C=C2\SC(=N)N(c3ccc(F)cc3)C2=O)cc1. The van der Waals surface area contributed by atoms with E-state index in [1.807, 2.05) is 31.2 Å². The minimum absolute atomic E-state index is 0.0220. The molecule has 0 spiro atoms. The number of para-hydroxylation sites is 1. The molecular formula is C25H20FN3O3S. The van der Waals surface area contributed by atoms with Crippen molar-refractivity contribution in [1.29, 1.82) is 5.41 Å². The van der Waals surface area contributed by atoms with E-state index in [1.165, 1.54) is 29.2 Å². The van der Waals surface area contributed by atoms with Gasteiger partial charge in [0, 0.05) is 11.3 Å². The Bertz CT molecular complexity index is 1240. The lowest BCUT2D eigenvalue weighted by atomic mass is 10.2. The largest absolute Gasteiger partial charge is 0.483 e. The van der Waals surface area contributed by atoms with E-state index in [1.54, 1.807) is 30.3 Å². The topological polar surface area (TPSA) is 82.5 Å². The van der Waals surface area contributed by atoms with Gasteiger partial charge in [-0.2, -0.15) is 0 Å². The van der Waals surface area contributed by atoms with E-state index < -0.39 is 5.82 Å². The van der Waals surface area contributed by atoms with Gasteiger partial charge in [-0.3, -0.25) is 19.9 Å². The first-order chi connectivity index (χ1) is 15.9. The summed E-state index contributed by atoms with van der Waals surface area (Å²) >= 11 is 1.00. The van der Waals surface area contributed by atoms with Crippen LogP contribution in [0.1, 0.15) is 11.1 Å². The summed E-state index contributed by atoms with van der Waals surface area (Å²) in [4.78, 5) is 26.7. The number of nitrogens with one attached hydrogen (secondary N) is 2. The highest BCUT2D eigenvalue weighted by molar-refractivity contribution is 8.19. The number of rotatable bonds is 6. The lowest BCUT2D eigenvalue weighted by molar-refractivity contribution is -0.118. The van der Waals surface area contributed by atoms with Crippen molar-refractivity contribution >= 4 is 46.2 Å². The third-order valence-electron chi connectivity index (χ3n) is 4.81. The molecule has 1 aliphatic heterocycles. The van der Waals surface area contributed by atoms with Crippen molar-refractivity contribution < 1.29 is 18.7 Å². The van der Waals surface area contributed by atoms with Gasteiger partial charge in [0.25, 0.3) is 11.8 Å². The Balaban J connectivity index is 1.47. The van der Waals surface area contributed by atoms with Gasteiger partial charge in [0.15, 0.2) is 11.8 Å². The molecule has 2 N–H and O–H groups in total. The van der Waals surface area contributed by atoms with E-state index >= 15 is 0 Å². The number of hydrogen-bond donors (Lipinski definition) is 2. The van der Waals surface area contributed by atoms with Gasteiger partial charge in [-0.1, -0.05) is 35.9 Å². The molecule has 0 saturated carbocycles. The maximum atomic E-state index is 13.2. The van der Waals surface area contributed by atoms with Crippen LogP contribution in [0, 0.1) is 18.2 Å². The van der Waals surface area contributed by atoms with Gasteiger partial charge >= 0.3 is 0 Å². The molecule has 1 saturated heterocycles. The summed E-state index contributed by atoms with van der Waals surface area (Å²) in [6.45, 7) is 1.76. The lowest BCUT2D eigenvalue weighted by Crippen LogP contribution is -2.28. The molecule has 0 bridgehead atoms. The quantitative estimate of drug-likeness (QED) is 0.494. The highest BCUT2D eigenvalue weighted by Gasteiger charge is 2.33. The average Bonchev–Trinajstić information content (AvgIpc) is 3.08. The van der Waals surface area contributed by atoms with Crippen LogP contribution >= 0.6 is 11.8 Å². The van der Waals surface area contributed by atoms with Crippen LogP contribution in [0.5, 0.6) is 5.75 Å². The van der Waals surface area contributed by atoms with Crippen molar-refractivity contribution in [2.24, 2.45) is 0 Å². The molecule has 0 aromatic heterocycles. The zero-order chi connectivity index (χ0) is 23.4. The number of hydrogen-bond acceptors (Lipinski definition) is 5. The number of anilines is 2. The Kier molecular flexibility index (Phi) is 6.55. The fraction of sp³-hybridized carbons (Fsp3) is 0.0800. The summed E-state index contributed by atoms with van der Waals surface area (Å²) in [5, 5.41) is 11.0. The van der Waals surface area contributed by atoms with Crippen LogP contribution < -0.4 is 15.0 Å². The van der Waals surface area contributed by atoms with Gasteiger partial charge in [0.2, 0.25) is 0 Å². The standard InChI is InChI=1S/C25H20FN3O3S/c1-16-6-10-19(11-7-16)28-23(30)15-32-21-5-3-2-4-17(21)14-22-24(31)29(25(27)33-22)20-12-8-18(26)9-13-20/h2-14,27H,15H2,1H3,(H,28,30)/b22-14-,27-25?. The number of nitrogens with zero attached hydrogens (tertiary/aromatic N) is 1. The normalized spacial score (nSPS) is 14.6. The molecule has 0 unspecified atom stereocenters. The Morgan fingerprint density at radius 2 is 1.79 bits per heavy atom. The third-order valence-corrected chi connectivity index (χ3v) is 5.70. The van der Waals surface area contributed by atoms with Crippen molar-refractivity contribution in [3.8, 4) is 5.75 Å². The number of carbonyl (C=O) groups excluding carboxylic acids is 2. The molecule has 0 radical (unpaired) electrons. The van der Waals surface area contributed by atoms with Gasteiger partial charge < -0.3 is 10.1 Å². The second-order valence-electron chi connectivity index (χ2n) is 7.27. The maximum absolute atomic E-state index is 13.2. The van der Waals surface area contributed by atoms with Crippen LogP contribution in [0.4, 0.5) is 15.8 Å². The zero-order valence-electron chi connectivity index (χ0n) is 17.7. The Labute approximate surface area is 194 Å². The second-order valence-corrected chi connectivity index (χ2v) is 8.30. The molecule has 1 aliphatic rings. The third kappa shape index (κ3) is 5.30. The first-order valence-electron chi connectivity index (χ1n) is 10.1. The number of thioether (sulfide) groups is 1. The molecular weight excluding hydrogens is 441 g/mol. The van der Waals surface area contributed by atoms with Crippen molar-refractivity contribution in [3.05, 3.63) is 94.6 Å². The van der Waals surface area contributed by atoms with Crippen LogP contribution in [0.2, 0.25) is 0 Å². The van der Waals surface area contributed by atoms with Crippen LogP contribution in [0.3, 0.4) is 0 Å². The first kappa shape index (κ1) is 22.3. The van der Waals surface area contributed by atoms with Gasteiger partial charge in [0.05, 0.1) is 10.6 Å². The molecule has 1 heterocycles. The summed E-state index contributed by atoms with van der Waals surface area (Å²) in [6, 6.07) is 19.9. The molecule has 8 heteroatoms. The molecule has 166 valence electrons. The molecule has 33 heavy (non-hydrogen) atoms. The molecule has 6 nitrogen and oxygen atoms in total. The van der Waals surface area contributed by atoms with E-state index in [0.29, 0.717) is 27.6 Å². The lowest BCUT2D eigenvalue weighted by Gasteiger charge is -2.14. The van der Waals surface area contributed by atoms with Crippen LogP contribution in [-0.2, 0) is 9.59 Å². The fourth-order valence-electron chi connectivity index (χ4n) is 3.16. The predicted molar refractivity (Wildman–Crippen MR) is 129 cm³/mol. The maximum Gasteiger partial charge on any atom is 0.271 e. The first-order valence-corrected chi connectivity index (χ1v) is 10.9. The molecule has 0 atom stereocenters. The average molecular weight is 462 g/mol. The minimum Gasteiger partial charge on any atom is -0.483 e. The van der Waals surface area contributed by atoms with Gasteiger partial charge in [-0.05, 0) is 67.2 Å². The highest BCUT2D eigenvalue weighted by Crippen LogP contribution is 2.36. The Hall–Kier alpha value is -3.91. The number of amides is 2. The molecule has 3 aromatic rings. The number of aryl methyl sites for hydroxylation is 1. The summed E-state index contributed by atoms with van der Waals surface area (Å²) in [7, 11) is 0. The van der Waals surface area contributed by atoms with E-state index in [2.05, 4.69) is 5.32 Å². The van der Waals surface area contributed by atoms with Crippen molar-refractivity contribution in [1.82, 2.24) is 0 Å². The van der Waals surface area contributed by atoms with Crippen LogP contribution in [0.25, 0.3) is 6.08 Å². The predicted octanol–water partition coefficient (Wildman–Crippen LogP) is 5.21. The summed E-state index contributed by atoms with van der Waals surface area (Å²) in [5.41, 5.74) is 2.79. The van der Waals surface area contributed by atoms with E-state index in [-0.39, 0.29) is 23.6 Å². The van der Waals surface area contributed by atoms with Crippen LogP contribution in [-0.4, -0.2) is 23.6 Å². The smallest absolute Gasteiger partial charge is 0.271 e. The monoisotopic (exact) mass is 461 g/mol.